The fraction of sp³-hybridized carbons (Fsp3) is 0.425. The molecule has 1 aliphatic rings. The van der Waals surface area contributed by atoms with Crippen molar-refractivity contribution < 1.29 is 43.1 Å². The van der Waals surface area contributed by atoms with Crippen molar-refractivity contribution in [3.05, 3.63) is 128 Å². The molecular formula is C40H49N4O8P. The first kappa shape index (κ1) is 27.3. The third-order valence-electron chi connectivity index (χ3n) is 8.00. The van der Waals surface area contributed by atoms with E-state index < -0.39 is 87.3 Å². The van der Waals surface area contributed by atoms with Gasteiger partial charge >= 0.3 is 5.69 Å². The second-order valence-electron chi connectivity index (χ2n) is 12.1. The van der Waals surface area contributed by atoms with Gasteiger partial charge in [0.1, 0.15) is 29.4 Å². The van der Waals surface area contributed by atoms with E-state index in [9.17, 15) is 24.4 Å². The number of aromatic amines is 1. The van der Waals surface area contributed by atoms with Gasteiger partial charge in [0, 0.05) is 37.0 Å². The first-order valence-electron chi connectivity index (χ1n) is 22.1. The SMILES string of the molecule is [2H]c1c(C([2H])([2H])[2H])c(=O)[nH]c(=O)n1[C@]1([2H])O[C@]([2H])(C([2H])([2H])OC(c2ccccc2)(c2ccc(OC)cc2)c2ccc(OC)cc2)C([2H])(OP(OCCC#N)N(C(C)C)C(C)C)C1([2H])[2H]. The van der Waals surface area contributed by atoms with Crippen LogP contribution in [-0.4, -0.2) is 65.9 Å². The average molecular weight is 756 g/mol. The molecule has 2 unspecified atom stereocenters. The molecule has 12 nitrogen and oxygen atoms in total. The Kier molecular flexibility index (Phi) is 9.33. The summed E-state index contributed by atoms with van der Waals surface area (Å²) in [5, 5.41) is 9.39. The molecule has 0 saturated carbocycles. The smallest absolute Gasteiger partial charge is 0.330 e. The van der Waals surface area contributed by atoms with Gasteiger partial charge < -0.3 is 28.0 Å². The molecule has 2 heterocycles. The highest BCUT2D eigenvalue weighted by Gasteiger charge is 2.45. The predicted octanol–water partition coefficient (Wildman–Crippen LogP) is 6.82. The Morgan fingerprint density at radius 1 is 1.04 bits per heavy atom. The van der Waals surface area contributed by atoms with Crippen LogP contribution in [0.3, 0.4) is 0 Å². The second kappa shape index (κ2) is 18.1. The summed E-state index contributed by atoms with van der Waals surface area (Å²) >= 11 is 0. The van der Waals surface area contributed by atoms with Gasteiger partial charge in [-0.2, -0.15) is 5.26 Å². The number of H-pyrrole nitrogens is 1. The normalized spacial score (nSPS) is 26.7. The molecule has 3 aromatic carbocycles. The van der Waals surface area contributed by atoms with Crippen LogP contribution in [0.2, 0.25) is 0 Å². The van der Waals surface area contributed by atoms with Gasteiger partial charge in [-0.15, -0.1) is 0 Å². The highest BCUT2D eigenvalue weighted by Crippen LogP contribution is 2.50. The van der Waals surface area contributed by atoms with Gasteiger partial charge in [-0.05, 0) is 75.5 Å². The molecule has 0 radical (unpaired) electrons. The number of hydrogen-bond acceptors (Lipinski definition) is 10. The highest BCUT2D eigenvalue weighted by atomic mass is 31.2. The lowest BCUT2D eigenvalue weighted by atomic mass is 9.80. The van der Waals surface area contributed by atoms with Crippen LogP contribution in [0.4, 0.5) is 0 Å². The quantitative estimate of drug-likeness (QED) is 0.0695. The van der Waals surface area contributed by atoms with Gasteiger partial charge in [-0.3, -0.25) is 14.3 Å². The van der Waals surface area contributed by atoms with Crippen LogP contribution < -0.4 is 20.7 Å². The number of benzene rings is 3. The van der Waals surface area contributed by atoms with E-state index in [-0.39, 0.29) is 34.3 Å². The third kappa shape index (κ3) is 9.07. The second-order valence-corrected chi connectivity index (χ2v) is 13.5. The van der Waals surface area contributed by atoms with Crippen molar-refractivity contribution in [2.45, 2.75) is 83.4 Å². The van der Waals surface area contributed by atoms with Crippen LogP contribution in [0.5, 0.6) is 11.5 Å². The predicted molar refractivity (Wildman–Crippen MR) is 203 cm³/mol. The fourth-order valence-electron chi connectivity index (χ4n) is 5.61. The maximum atomic E-state index is 13.7. The minimum atomic E-state index is -4.00. The molecule has 0 amide bonds. The molecule has 1 aliphatic heterocycles. The molecule has 1 aromatic heterocycles. The molecule has 5 rings (SSSR count). The van der Waals surface area contributed by atoms with E-state index in [4.69, 9.17) is 33.5 Å². The summed E-state index contributed by atoms with van der Waals surface area (Å²) in [5.41, 5.74) is -6.23. The lowest BCUT2D eigenvalue weighted by Crippen LogP contribution is -2.39. The number of aromatic nitrogens is 2. The van der Waals surface area contributed by atoms with Gasteiger partial charge in [0.15, 0.2) is 0 Å². The summed E-state index contributed by atoms with van der Waals surface area (Å²) in [6.07, 6.45) is -17.6. The molecule has 282 valence electrons. The Labute approximate surface area is 327 Å². The number of nitrogens with zero attached hydrogens (tertiary/aromatic N) is 3. The zero-order valence-electron chi connectivity index (χ0n) is 41.1. The molecule has 1 saturated heterocycles. The maximum absolute atomic E-state index is 13.7. The number of methoxy groups -OCH3 is 2. The first-order chi connectivity index (χ1) is 29.7. The molecule has 4 atom stereocenters. The summed E-state index contributed by atoms with van der Waals surface area (Å²) in [4.78, 5) is 28.3. The van der Waals surface area contributed by atoms with E-state index in [1.54, 1.807) is 112 Å². The Morgan fingerprint density at radius 2 is 1.62 bits per heavy atom. The highest BCUT2D eigenvalue weighted by molar-refractivity contribution is 7.44. The molecule has 1 N–H and O–H groups in total. The van der Waals surface area contributed by atoms with Gasteiger partial charge in [0.25, 0.3) is 14.1 Å². The zero-order chi connectivity index (χ0) is 47.8. The average Bonchev–Trinajstić information content (AvgIpc) is 3.33. The van der Waals surface area contributed by atoms with Gasteiger partial charge in [-0.25, -0.2) is 9.46 Å². The number of nitriles is 1. The summed E-state index contributed by atoms with van der Waals surface area (Å²) in [6, 6.07) is 21.4. The third-order valence-corrected chi connectivity index (χ3v) is 10.0. The fourth-order valence-corrected chi connectivity index (χ4v) is 7.18. The van der Waals surface area contributed by atoms with E-state index in [0.29, 0.717) is 11.5 Å². The molecule has 0 bridgehead atoms. The topological polar surface area (TPSA) is 137 Å². The van der Waals surface area contributed by atoms with Crippen molar-refractivity contribution in [1.82, 2.24) is 14.2 Å². The van der Waals surface area contributed by atoms with Crippen LogP contribution >= 0.6 is 8.53 Å². The lowest BCUT2D eigenvalue weighted by molar-refractivity contribution is -0.0926. The van der Waals surface area contributed by atoms with Crippen LogP contribution in [0.15, 0.2) is 94.6 Å². The Hall–Kier alpha value is -4.34. The first-order valence-corrected chi connectivity index (χ1v) is 17.8. The molecule has 13 heteroatoms. The van der Waals surface area contributed by atoms with Crippen LogP contribution in [-0.2, 0) is 24.1 Å². The maximum Gasteiger partial charge on any atom is 0.330 e. The van der Waals surface area contributed by atoms with E-state index in [0.717, 1.165) is 0 Å². The minimum absolute atomic E-state index is 0.201. The number of hydrogen-bond donors (Lipinski definition) is 1. The number of ether oxygens (including phenoxy) is 4. The minimum Gasteiger partial charge on any atom is -0.497 e. The van der Waals surface area contributed by atoms with Crippen molar-refractivity contribution in [2.24, 2.45) is 0 Å². The van der Waals surface area contributed by atoms with E-state index in [1.165, 1.54) is 18.9 Å². The van der Waals surface area contributed by atoms with Gasteiger partial charge in [-0.1, -0.05) is 54.6 Å². The summed E-state index contributed by atoms with van der Waals surface area (Å²) < 4.78 is 138. The van der Waals surface area contributed by atoms with Crippen molar-refractivity contribution >= 4 is 8.53 Å². The largest absolute Gasteiger partial charge is 0.497 e. The van der Waals surface area contributed by atoms with E-state index >= 15 is 0 Å². The van der Waals surface area contributed by atoms with Crippen molar-refractivity contribution in [3.8, 4) is 17.6 Å². The summed E-state index contributed by atoms with van der Waals surface area (Å²) in [7, 11) is 0.0382. The number of rotatable bonds is 17. The Morgan fingerprint density at radius 3 is 2.15 bits per heavy atom. The van der Waals surface area contributed by atoms with Crippen molar-refractivity contribution in [2.75, 3.05) is 27.4 Å². The summed E-state index contributed by atoms with van der Waals surface area (Å²) in [5.74, 6) is 0.785. The van der Waals surface area contributed by atoms with E-state index in [1.807, 2.05) is 6.07 Å². The monoisotopic (exact) mass is 755 g/mol. The summed E-state index contributed by atoms with van der Waals surface area (Å²) in [6.45, 7) is -0.861. The van der Waals surface area contributed by atoms with Crippen LogP contribution in [0.1, 0.15) is 84.0 Å². The molecular weight excluding hydrogens is 695 g/mol. The molecule has 0 aliphatic carbocycles. The molecule has 1 fully saturated rings. The number of nitrogens with one attached hydrogen (secondary N) is 1. The van der Waals surface area contributed by atoms with Gasteiger partial charge in [0.2, 0.25) is 0 Å². The van der Waals surface area contributed by atoms with Gasteiger partial charge in [0.05, 0.1) is 54.2 Å². The Balaban J connectivity index is 1.91. The molecule has 4 aromatic rings. The van der Waals surface area contributed by atoms with Crippen molar-refractivity contribution in [1.29, 1.82) is 5.26 Å². The molecule has 0 spiro atoms. The zero-order valence-corrected chi connectivity index (χ0v) is 31.0. The lowest BCUT2D eigenvalue weighted by Gasteiger charge is -2.39. The molecule has 53 heavy (non-hydrogen) atoms. The Bertz CT molecular complexity index is 2380. The van der Waals surface area contributed by atoms with Crippen LogP contribution in [0, 0.1) is 18.2 Å². The van der Waals surface area contributed by atoms with E-state index in [2.05, 4.69) is 0 Å². The van der Waals surface area contributed by atoms with Crippen molar-refractivity contribution in [3.63, 3.8) is 0 Å². The standard InChI is InChI=1S/C40H49N4O8P/c1-27(2)44(28(3)4)53(50-23-11-22-41)52-35-24-37(43-25-29(5)38(45)42-39(43)46)51-36(35)26-49-40(30-12-9-8-10-13-30,31-14-18-33(47-6)19-15-31)32-16-20-34(48-7)21-17-32/h8-10,12-21,25,27-28,35-37H,11,23-24,26H2,1-7H3,(H,42,45,46)/t35?,36-,37-,53?/m1/s1/i5D3,24D2,25D,26D2,35D,36D,37D. The van der Waals surface area contributed by atoms with Crippen LogP contribution in [0.25, 0.3) is 0 Å².